The normalized spacial score (nSPS) is 11.7. The topological polar surface area (TPSA) is 147 Å². The first kappa shape index (κ1) is 35.1. The van der Waals surface area contributed by atoms with Crippen LogP contribution in [0.1, 0.15) is 19.3 Å². The number of rotatable bonds is 13. The Bertz CT molecular complexity index is 1420. The summed E-state index contributed by atoms with van der Waals surface area (Å²) in [4.78, 5) is 36.4. The smallest absolute Gasteiger partial charge is 0.468 e. The van der Waals surface area contributed by atoms with Crippen molar-refractivity contribution in [1.82, 2.24) is 0 Å². The maximum atomic E-state index is 13.9. The van der Waals surface area contributed by atoms with Crippen molar-refractivity contribution in [3.05, 3.63) is 89.5 Å². The zero-order valence-electron chi connectivity index (χ0n) is 22.7. The van der Waals surface area contributed by atoms with Crippen LogP contribution in [0.15, 0.2) is 94.1 Å². The largest absolute Gasteiger partial charge is 1.00 e. The molecule has 40 heavy (non-hydrogen) atoms. The van der Waals surface area contributed by atoms with Gasteiger partial charge in [0.1, 0.15) is 9.84 Å². The summed E-state index contributed by atoms with van der Waals surface area (Å²) in [6, 6.07) is 13.9. The van der Waals surface area contributed by atoms with Crippen LogP contribution in [0.4, 0.5) is 0 Å². The Balaban J connectivity index is 0.00000800. The number of allylic oxidation sites excluding steroid dienone is 1. The van der Waals surface area contributed by atoms with Gasteiger partial charge in [0.2, 0.25) is 0 Å². The first-order valence-electron chi connectivity index (χ1n) is 11.4. The molecule has 0 aliphatic heterocycles. The molecule has 2 aromatic carbocycles. The van der Waals surface area contributed by atoms with E-state index >= 15 is 0 Å². The van der Waals surface area contributed by atoms with Crippen LogP contribution in [-0.4, -0.2) is 56.1 Å². The molecule has 0 radical (unpaired) electrons. The monoisotopic (exact) mass is 600 g/mol. The van der Waals surface area contributed by atoms with Gasteiger partial charge in [0, 0.05) is 6.08 Å². The van der Waals surface area contributed by atoms with Gasteiger partial charge in [-0.1, -0.05) is 59.1 Å². The van der Waals surface area contributed by atoms with Crippen molar-refractivity contribution in [2.24, 2.45) is 5.41 Å². The molecule has 13 heteroatoms. The van der Waals surface area contributed by atoms with Crippen molar-refractivity contribution in [3.63, 3.8) is 0 Å². The Morgan fingerprint density at radius 3 is 1.75 bits per heavy atom. The standard InChI is InChI=1S/C27H29O10S2.Na/c1-20(38(31,32)21-13-7-5-8-14-21)23(39(33,34)22-15-9-6-10-16-22)19-27(25(29)36-3,26(30)37-4)18-12-11-17-24(28)35-2;/h5-11,13-17H,1,12,18-19H2,2-4H3;/q-1;+1/b17-11+;. The van der Waals surface area contributed by atoms with E-state index in [1.54, 1.807) is 12.1 Å². The molecule has 0 bridgehead atoms. The molecule has 0 saturated heterocycles. The van der Waals surface area contributed by atoms with Crippen LogP contribution in [0.25, 0.3) is 0 Å². The van der Waals surface area contributed by atoms with Crippen LogP contribution >= 0.6 is 0 Å². The van der Waals surface area contributed by atoms with Crippen molar-refractivity contribution < 1.29 is 75.0 Å². The van der Waals surface area contributed by atoms with E-state index < -0.39 is 66.0 Å². The number of hydrogen-bond donors (Lipinski definition) is 0. The third-order valence-electron chi connectivity index (χ3n) is 5.87. The Hall–Kier alpha value is -2.90. The summed E-state index contributed by atoms with van der Waals surface area (Å²) in [7, 11) is -5.98. The molecule has 210 valence electrons. The summed E-state index contributed by atoms with van der Waals surface area (Å²) in [6.45, 7) is 3.60. The van der Waals surface area contributed by atoms with Gasteiger partial charge in [0.05, 0.1) is 31.1 Å². The fourth-order valence-corrected chi connectivity index (χ4v) is 7.11. The van der Waals surface area contributed by atoms with E-state index in [0.717, 1.165) is 27.4 Å². The van der Waals surface area contributed by atoms with Crippen molar-refractivity contribution in [1.29, 1.82) is 0 Å². The third kappa shape index (κ3) is 7.85. The van der Waals surface area contributed by atoms with Gasteiger partial charge < -0.3 is 14.2 Å². The summed E-state index contributed by atoms with van der Waals surface area (Å²) in [5.41, 5.74) is -2.31. The van der Waals surface area contributed by atoms with Crippen molar-refractivity contribution >= 4 is 37.6 Å². The zero-order valence-corrected chi connectivity index (χ0v) is 26.3. The molecule has 0 fully saturated rings. The number of carbonyl (C=O) groups excluding carboxylic acids is 3. The number of ether oxygens (including phenoxy) is 3. The van der Waals surface area contributed by atoms with Crippen molar-refractivity contribution in [3.8, 4) is 0 Å². The number of methoxy groups -OCH3 is 3. The number of esters is 3. The van der Waals surface area contributed by atoms with Crippen LogP contribution in [0, 0.1) is 10.7 Å². The minimum Gasteiger partial charge on any atom is -0.468 e. The summed E-state index contributed by atoms with van der Waals surface area (Å²) in [5, 5.41) is -0.787. The fourth-order valence-electron chi connectivity index (χ4n) is 3.74. The van der Waals surface area contributed by atoms with Gasteiger partial charge in [-0.05, 0) is 37.1 Å². The molecule has 2 aromatic rings. The van der Waals surface area contributed by atoms with Gasteiger partial charge in [0.25, 0.3) is 0 Å². The molecule has 0 heterocycles. The fraction of sp³-hybridized carbons (Fsp3) is 0.259. The van der Waals surface area contributed by atoms with Crippen LogP contribution < -0.4 is 29.6 Å². The van der Waals surface area contributed by atoms with Gasteiger partial charge >= 0.3 is 47.5 Å². The minimum absolute atomic E-state index is 0. The number of benzene rings is 2. The average Bonchev–Trinajstić information content (AvgIpc) is 2.96. The molecular formula is C27H29NaO10S2. The van der Waals surface area contributed by atoms with E-state index in [-0.39, 0.29) is 45.8 Å². The molecule has 0 aliphatic rings. The zero-order chi connectivity index (χ0) is 29.3. The first-order valence-corrected chi connectivity index (χ1v) is 14.4. The summed E-state index contributed by atoms with van der Waals surface area (Å²) < 4.78 is 69.0. The molecule has 0 amide bonds. The van der Waals surface area contributed by atoms with E-state index in [1.165, 1.54) is 54.6 Å². The second-order valence-corrected chi connectivity index (χ2v) is 12.1. The van der Waals surface area contributed by atoms with Crippen LogP contribution in [-0.2, 0) is 48.3 Å². The predicted molar refractivity (Wildman–Crippen MR) is 141 cm³/mol. The van der Waals surface area contributed by atoms with Crippen LogP contribution in [0.5, 0.6) is 0 Å². The van der Waals surface area contributed by atoms with Crippen molar-refractivity contribution in [2.45, 2.75) is 29.1 Å². The van der Waals surface area contributed by atoms with Gasteiger partial charge in [-0.3, -0.25) is 9.59 Å². The van der Waals surface area contributed by atoms with E-state index in [1.807, 2.05) is 0 Å². The van der Waals surface area contributed by atoms with E-state index in [0.29, 0.717) is 0 Å². The summed E-state index contributed by atoms with van der Waals surface area (Å²) in [5.74, 6) is -3.02. The Labute approximate surface area is 256 Å². The third-order valence-corrected chi connectivity index (χ3v) is 9.72. The Morgan fingerprint density at radius 1 is 0.825 bits per heavy atom. The maximum absolute atomic E-state index is 13.9. The van der Waals surface area contributed by atoms with E-state index in [2.05, 4.69) is 11.3 Å². The van der Waals surface area contributed by atoms with E-state index in [4.69, 9.17) is 9.47 Å². The second kappa shape index (κ2) is 15.2. The van der Waals surface area contributed by atoms with Gasteiger partial charge in [-0.2, -0.15) is 0 Å². The predicted octanol–water partition coefficient (Wildman–Crippen LogP) is 0.216. The molecule has 2 rings (SSSR count). The SMILES string of the molecule is C=C([C-](CC(CC/C=C/C(=O)OC)(C(=O)OC)C(=O)OC)S(=O)(=O)c1ccccc1)S(=O)(=O)c1ccccc1.[Na+]. The molecule has 0 atom stereocenters. The minimum atomic E-state index is -4.63. The Morgan fingerprint density at radius 2 is 1.30 bits per heavy atom. The molecule has 0 N–H and O–H groups in total. The molecular weight excluding hydrogens is 571 g/mol. The molecule has 0 spiro atoms. The van der Waals surface area contributed by atoms with Gasteiger partial charge in [-0.15, -0.1) is 0 Å². The number of hydrogen-bond acceptors (Lipinski definition) is 10. The first-order chi connectivity index (χ1) is 18.4. The van der Waals surface area contributed by atoms with Gasteiger partial charge in [0.15, 0.2) is 15.3 Å². The quantitative estimate of drug-likeness (QED) is 0.0781. The molecule has 10 nitrogen and oxygen atoms in total. The molecule has 0 aromatic heterocycles. The molecule has 0 unspecified atom stereocenters. The second-order valence-electron chi connectivity index (χ2n) is 8.19. The summed E-state index contributed by atoms with van der Waals surface area (Å²) >= 11 is 0. The van der Waals surface area contributed by atoms with Crippen molar-refractivity contribution in [2.75, 3.05) is 21.3 Å². The Kier molecular flexibility index (Phi) is 13.3. The van der Waals surface area contributed by atoms with Crippen LogP contribution in [0.2, 0.25) is 0 Å². The van der Waals surface area contributed by atoms with Gasteiger partial charge in [-0.25, -0.2) is 28.2 Å². The number of carbonyl (C=O) groups is 3. The average molecular weight is 601 g/mol. The van der Waals surface area contributed by atoms with E-state index in [9.17, 15) is 31.2 Å². The molecule has 0 aliphatic carbocycles. The maximum Gasteiger partial charge on any atom is 1.00 e. The summed E-state index contributed by atoms with van der Waals surface area (Å²) in [6.07, 6.45) is 0.930. The van der Waals surface area contributed by atoms with Crippen LogP contribution in [0.3, 0.4) is 0 Å². The number of sulfone groups is 2. The molecule has 0 saturated carbocycles.